The van der Waals surface area contributed by atoms with E-state index >= 15 is 0 Å². The number of allylic oxidation sites excluding steroid dienone is 1. The van der Waals surface area contributed by atoms with Crippen molar-refractivity contribution in [1.29, 1.82) is 0 Å². The Kier molecular flexibility index (Phi) is 11.1. The lowest BCUT2D eigenvalue weighted by Crippen LogP contribution is -2.56. The van der Waals surface area contributed by atoms with E-state index in [1.54, 1.807) is 13.8 Å². The van der Waals surface area contributed by atoms with Gasteiger partial charge >= 0.3 is 23.9 Å². The quantitative estimate of drug-likeness (QED) is 0.224. The minimum Gasteiger partial charge on any atom is -0.462 e. The summed E-state index contributed by atoms with van der Waals surface area (Å²) in [5, 5.41) is 12.0. The molecule has 10 heteroatoms. The lowest BCUT2D eigenvalue weighted by atomic mass is 9.82. The molecule has 0 saturated heterocycles. The van der Waals surface area contributed by atoms with Crippen LogP contribution in [0.15, 0.2) is 35.1 Å². The van der Waals surface area contributed by atoms with Crippen molar-refractivity contribution in [2.75, 3.05) is 13.2 Å². The maximum Gasteiger partial charge on any atom is 0.333 e. The highest BCUT2D eigenvalue weighted by Gasteiger charge is 2.59. The van der Waals surface area contributed by atoms with Gasteiger partial charge in [0.15, 0.2) is 11.7 Å². The summed E-state index contributed by atoms with van der Waals surface area (Å²) >= 11 is 0. The summed E-state index contributed by atoms with van der Waals surface area (Å²) in [4.78, 5) is 49.1. The van der Waals surface area contributed by atoms with Gasteiger partial charge in [-0.3, -0.25) is 14.4 Å². The number of carbonyl (C=O) groups excluding carboxylic acids is 4. The molecule has 0 aromatic carbocycles. The molecule has 2 rings (SSSR count). The molecule has 0 fully saturated rings. The van der Waals surface area contributed by atoms with E-state index in [4.69, 9.17) is 23.7 Å². The number of hydrogen-bond acceptors (Lipinski definition) is 10. The molecule has 0 saturated carbocycles. The van der Waals surface area contributed by atoms with Crippen LogP contribution in [0, 0.1) is 17.8 Å². The lowest BCUT2D eigenvalue weighted by Gasteiger charge is -2.40. The maximum absolute atomic E-state index is 12.7. The topological polar surface area (TPSA) is 135 Å². The summed E-state index contributed by atoms with van der Waals surface area (Å²) in [7, 11) is 0. The Morgan fingerprint density at radius 2 is 1.74 bits per heavy atom. The normalized spacial score (nSPS) is 24.7. The predicted molar refractivity (Wildman–Crippen MR) is 136 cm³/mol. The van der Waals surface area contributed by atoms with Crippen LogP contribution in [0.5, 0.6) is 0 Å². The molecule has 2 aliphatic rings. The second kappa shape index (κ2) is 13.6. The fraction of sp³-hybridized carbons (Fsp3) is 0.643. The zero-order valence-electron chi connectivity index (χ0n) is 23.3. The van der Waals surface area contributed by atoms with Crippen LogP contribution in [0.3, 0.4) is 0 Å². The average molecular weight is 537 g/mol. The molecule has 1 heterocycles. The first-order valence-electron chi connectivity index (χ1n) is 12.9. The molecule has 1 N–H and O–H groups in total. The number of hydrogen-bond donors (Lipinski definition) is 1. The molecule has 10 nitrogen and oxygen atoms in total. The minimum absolute atomic E-state index is 0.0209. The van der Waals surface area contributed by atoms with Crippen molar-refractivity contribution in [2.24, 2.45) is 17.8 Å². The van der Waals surface area contributed by atoms with Gasteiger partial charge in [-0.15, -0.1) is 0 Å². The summed E-state index contributed by atoms with van der Waals surface area (Å²) in [6, 6.07) is 0. The molecule has 0 spiro atoms. The van der Waals surface area contributed by atoms with E-state index in [0.29, 0.717) is 16.7 Å². The Hall–Kier alpha value is -3.14. The van der Waals surface area contributed by atoms with Crippen LogP contribution in [-0.2, 0) is 42.9 Å². The molecule has 1 aliphatic heterocycles. The second-order valence-electron chi connectivity index (χ2n) is 10.6. The van der Waals surface area contributed by atoms with E-state index in [1.165, 1.54) is 25.3 Å². The Labute approximate surface area is 224 Å². The van der Waals surface area contributed by atoms with E-state index in [1.807, 2.05) is 27.7 Å². The lowest BCUT2D eigenvalue weighted by molar-refractivity contribution is -0.215. The largest absolute Gasteiger partial charge is 0.462 e. The van der Waals surface area contributed by atoms with Crippen molar-refractivity contribution in [1.82, 2.24) is 0 Å². The van der Waals surface area contributed by atoms with Crippen LogP contribution in [0.25, 0.3) is 0 Å². The van der Waals surface area contributed by atoms with Gasteiger partial charge < -0.3 is 28.8 Å². The van der Waals surface area contributed by atoms with Gasteiger partial charge in [-0.2, -0.15) is 0 Å². The molecule has 0 radical (unpaired) electrons. The summed E-state index contributed by atoms with van der Waals surface area (Å²) in [6.07, 6.45) is 2.46. The van der Waals surface area contributed by atoms with Gasteiger partial charge in [0.2, 0.25) is 0 Å². The molecule has 5 atom stereocenters. The third-order valence-electron chi connectivity index (χ3n) is 6.26. The van der Waals surface area contributed by atoms with Crippen molar-refractivity contribution < 1.29 is 48.0 Å². The van der Waals surface area contributed by atoms with Crippen LogP contribution < -0.4 is 0 Å². The number of rotatable bonds is 12. The van der Waals surface area contributed by atoms with Gasteiger partial charge in [-0.1, -0.05) is 39.7 Å². The summed E-state index contributed by atoms with van der Waals surface area (Å²) in [6.45, 7) is 11.5. The van der Waals surface area contributed by atoms with Crippen molar-refractivity contribution in [3.63, 3.8) is 0 Å². The van der Waals surface area contributed by atoms with Gasteiger partial charge in [0.25, 0.3) is 6.29 Å². The van der Waals surface area contributed by atoms with Gasteiger partial charge in [0.1, 0.15) is 13.2 Å². The molecule has 0 bridgehead atoms. The molecule has 0 amide bonds. The van der Waals surface area contributed by atoms with Crippen LogP contribution >= 0.6 is 0 Å². The van der Waals surface area contributed by atoms with Crippen molar-refractivity contribution in [2.45, 2.75) is 85.7 Å². The fourth-order valence-corrected chi connectivity index (χ4v) is 4.13. The number of aliphatic hydroxyl groups is 1. The van der Waals surface area contributed by atoms with Gasteiger partial charge in [0, 0.05) is 31.4 Å². The van der Waals surface area contributed by atoms with Crippen molar-refractivity contribution >= 4 is 23.9 Å². The predicted octanol–water partition coefficient (Wildman–Crippen LogP) is 3.52. The zero-order chi connectivity index (χ0) is 28.6. The van der Waals surface area contributed by atoms with E-state index < -0.39 is 54.4 Å². The Balaban J connectivity index is 2.48. The molecular formula is C28H40O10. The standard InChI is InChI=1S/C28H40O10/c1-8-18(6)11-25(32)37-22-12-21-20(13-34-19(7)29)14-35-27(38-24(31)10-17(4)5)26(21)28(22,33)15-36-23(30)9-16(2)3/h10,12,14,16,18,22,26-27,33H,8-9,11,13,15H2,1-7H3/t18?,22-,26+,27-,28+/m0/s1. The van der Waals surface area contributed by atoms with Crippen molar-refractivity contribution in [3.8, 4) is 0 Å². The summed E-state index contributed by atoms with van der Waals surface area (Å²) in [5.41, 5.74) is -0.559. The Bertz CT molecular complexity index is 988. The first kappa shape index (κ1) is 31.1. The molecule has 38 heavy (non-hydrogen) atoms. The molecular weight excluding hydrogens is 496 g/mol. The minimum atomic E-state index is -2.03. The molecule has 0 aromatic heterocycles. The summed E-state index contributed by atoms with van der Waals surface area (Å²) < 4.78 is 27.5. The zero-order valence-corrected chi connectivity index (χ0v) is 23.3. The highest BCUT2D eigenvalue weighted by Crippen LogP contribution is 2.47. The van der Waals surface area contributed by atoms with Crippen LogP contribution in [0.1, 0.15) is 67.7 Å². The van der Waals surface area contributed by atoms with E-state index in [9.17, 15) is 24.3 Å². The number of esters is 4. The number of ether oxygens (including phenoxy) is 5. The first-order chi connectivity index (χ1) is 17.8. The highest BCUT2D eigenvalue weighted by atomic mass is 16.7. The fourth-order valence-electron chi connectivity index (χ4n) is 4.13. The smallest absolute Gasteiger partial charge is 0.333 e. The molecule has 1 aliphatic carbocycles. The van der Waals surface area contributed by atoms with Gasteiger partial charge in [-0.25, -0.2) is 4.79 Å². The number of fused-ring (bicyclic) bond motifs is 1. The van der Waals surface area contributed by atoms with E-state index in [0.717, 1.165) is 6.42 Å². The van der Waals surface area contributed by atoms with Gasteiger partial charge in [-0.05, 0) is 37.3 Å². The van der Waals surface area contributed by atoms with E-state index in [2.05, 4.69) is 0 Å². The van der Waals surface area contributed by atoms with Crippen LogP contribution in [-0.4, -0.2) is 60.2 Å². The van der Waals surface area contributed by atoms with Crippen molar-refractivity contribution in [3.05, 3.63) is 35.1 Å². The third-order valence-corrected chi connectivity index (χ3v) is 6.26. The third kappa shape index (κ3) is 8.44. The van der Waals surface area contributed by atoms with Gasteiger partial charge in [0.05, 0.1) is 12.2 Å². The van der Waals surface area contributed by atoms with E-state index in [-0.39, 0.29) is 31.3 Å². The molecule has 0 aromatic rings. The highest BCUT2D eigenvalue weighted by molar-refractivity contribution is 5.82. The first-order valence-corrected chi connectivity index (χ1v) is 12.9. The Morgan fingerprint density at radius 3 is 2.32 bits per heavy atom. The SMILES string of the molecule is CCC(C)CC(=O)O[C@H]1C=C2C(COC(C)=O)=CO[C@@H](OC(=O)C=C(C)C)[C@@H]2[C@@]1(O)COC(=O)CC(C)C. The van der Waals surface area contributed by atoms with Crippen LogP contribution in [0.4, 0.5) is 0 Å². The Morgan fingerprint density at radius 1 is 1.05 bits per heavy atom. The second-order valence-corrected chi connectivity index (χ2v) is 10.6. The summed E-state index contributed by atoms with van der Waals surface area (Å²) in [5.74, 6) is -3.37. The monoisotopic (exact) mass is 536 g/mol. The number of carbonyl (C=O) groups is 4. The average Bonchev–Trinajstić information content (AvgIpc) is 3.08. The maximum atomic E-state index is 12.7. The molecule has 212 valence electrons. The van der Waals surface area contributed by atoms with Crippen LogP contribution in [0.2, 0.25) is 0 Å². The molecule has 1 unspecified atom stereocenters.